The van der Waals surface area contributed by atoms with Gasteiger partial charge in [-0.05, 0) is 24.1 Å². The lowest BCUT2D eigenvalue weighted by molar-refractivity contribution is -0.133. The van der Waals surface area contributed by atoms with E-state index < -0.39 is 6.09 Å². The van der Waals surface area contributed by atoms with Gasteiger partial charge < -0.3 is 24.8 Å². The minimum Gasteiger partial charge on any atom is -0.497 e. The van der Waals surface area contributed by atoms with Gasteiger partial charge in [-0.1, -0.05) is 12.1 Å². The van der Waals surface area contributed by atoms with Crippen LogP contribution in [0.2, 0.25) is 0 Å². The van der Waals surface area contributed by atoms with Crippen molar-refractivity contribution in [2.45, 2.75) is 12.5 Å². The van der Waals surface area contributed by atoms with Crippen molar-refractivity contribution < 1.29 is 24.2 Å². The molecule has 1 aliphatic rings. The zero-order valence-corrected chi connectivity index (χ0v) is 12.4. The average Bonchev–Trinajstić information content (AvgIpc) is 2.53. The summed E-state index contributed by atoms with van der Waals surface area (Å²) in [6.45, 7) is 0.908. The molecule has 0 bridgehead atoms. The Kier molecular flexibility index (Phi) is 5.60. The fourth-order valence-corrected chi connectivity index (χ4v) is 2.25. The van der Waals surface area contributed by atoms with E-state index >= 15 is 0 Å². The second-order valence-electron chi connectivity index (χ2n) is 5.07. The Hall–Kier alpha value is -2.28. The maximum absolute atomic E-state index is 11.3. The highest BCUT2D eigenvalue weighted by Gasteiger charge is 2.23. The largest absolute Gasteiger partial charge is 0.497 e. The van der Waals surface area contributed by atoms with Crippen LogP contribution in [0.4, 0.5) is 4.79 Å². The molecule has 22 heavy (non-hydrogen) atoms. The predicted molar refractivity (Wildman–Crippen MR) is 79.0 cm³/mol. The first-order valence-corrected chi connectivity index (χ1v) is 7.07. The number of methoxy groups -OCH3 is 1. The molecule has 1 aromatic rings. The van der Waals surface area contributed by atoms with Gasteiger partial charge in [-0.2, -0.15) is 0 Å². The third-order valence-electron chi connectivity index (χ3n) is 3.48. The summed E-state index contributed by atoms with van der Waals surface area (Å²) in [4.78, 5) is 23.7. The van der Waals surface area contributed by atoms with E-state index in [9.17, 15) is 14.7 Å². The summed E-state index contributed by atoms with van der Waals surface area (Å²) < 4.78 is 10.5. The Morgan fingerprint density at radius 3 is 3.00 bits per heavy atom. The zero-order valence-electron chi connectivity index (χ0n) is 12.4. The summed E-state index contributed by atoms with van der Waals surface area (Å²) in [5.41, 5.74) is 1.00. The van der Waals surface area contributed by atoms with Gasteiger partial charge in [0.15, 0.2) is 0 Å². The van der Waals surface area contributed by atoms with Gasteiger partial charge >= 0.3 is 6.09 Å². The van der Waals surface area contributed by atoms with Gasteiger partial charge in [-0.15, -0.1) is 0 Å². The summed E-state index contributed by atoms with van der Waals surface area (Å²) in [5, 5.41) is 12.0. The molecule has 120 valence electrons. The third kappa shape index (κ3) is 4.63. The number of nitrogens with one attached hydrogen (secondary N) is 1. The molecule has 1 unspecified atom stereocenters. The standard InChI is InChI=1S/C15H20N2O5/c1-21-12-4-2-3-11(7-12)5-6-17(15(19)20)9-13-8-16-14(18)10-22-13/h2-4,7,13H,5-6,8-10H2,1H3,(H,16,18)(H,19,20). The molecule has 2 N–H and O–H groups in total. The van der Waals surface area contributed by atoms with E-state index in [-0.39, 0.29) is 25.2 Å². The fourth-order valence-electron chi connectivity index (χ4n) is 2.25. The molecule has 0 aromatic heterocycles. The molecule has 0 saturated carbocycles. The minimum absolute atomic E-state index is 0.0198. The van der Waals surface area contributed by atoms with Gasteiger partial charge in [0.05, 0.1) is 19.8 Å². The van der Waals surface area contributed by atoms with Crippen molar-refractivity contribution in [1.29, 1.82) is 0 Å². The van der Waals surface area contributed by atoms with Crippen LogP contribution < -0.4 is 10.1 Å². The molecule has 1 saturated heterocycles. The van der Waals surface area contributed by atoms with Crippen LogP contribution in [0.3, 0.4) is 0 Å². The number of morpholine rings is 1. The average molecular weight is 308 g/mol. The predicted octanol–water partition coefficient (Wildman–Crippen LogP) is 0.733. The first-order valence-electron chi connectivity index (χ1n) is 7.07. The molecule has 2 rings (SSSR count). The minimum atomic E-state index is -0.997. The maximum Gasteiger partial charge on any atom is 0.407 e. The van der Waals surface area contributed by atoms with Crippen LogP contribution in [0, 0.1) is 0 Å². The second kappa shape index (κ2) is 7.65. The highest BCUT2D eigenvalue weighted by atomic mass is 16.5. The lowest BCUT2D eigenvalue weighted by Crippen LogP contribution is -2.49. The van der Waals surface area contributed by atoms with E-state index in [1.54, 1.807) is 7.11 Å². The highest BCUT2D eigenvalue weighted by Crippen LogP contribution is 2.13. The van der Waals surface area contributed by atoms with E-state index in [1.807, 2.05) is 24.3 Å². The van der Waals surface area contributed by atoms with Crippen molar-refractivity contribution in [2.75, 3.05) is 33.4 Å². The van der Waals surface area contributed by atoms with E-state index in [1.165, 1.54) is 4.90 Å². The maximum atomic E-state index is 11.3. The van der Waals surface area contributed by atoms with E-state index in [0.29, 0.717) is 19.5 Å². The van der Waals surface area contributed by atoms with Crippen LogP contribution in [-0.2, 0) is 16.0 Å². The fraction of sp³-hybridized carbons (Fsp3) is 0.467. The molecule has 1 fully saturated rings. The highest BCUT2D eigenvalue weighted by molar-refractivity contribution is 5.77. The van der Waals surface area contributed by atoms with Gasteiger partial charge in [0, 0.05) is 13.1 Å². The van der Waals surface area contributed by atoms with Crippen molar-refractivity contribution in [1.82, 2.24) is 10.2 Å². The lowest BCUT2D eigenvalue weighted by Gasteiger charge is -2.28. The molecule has 0 spiro atoms. The number of amides is 2. The first kappa shape index (κ1) is 16.1. The summed E-state index contributed by atoms with van der Waals surface area (Å²) in [6, 6.07) is 7.54. The number of hydrogen-bond donors (Lipinski definition) is 2. The number of carboxylic acid groups (broad SMARTS) is 1. The number of ether oxygens (including phenoxy) is 2. The van der Waals surface area contributed by atoms with Crippen LogP contribution in [0.5, 0.6) is 5.75 Å². The quantitative estimate of drug-likeness (QED) is 0.809. The molecular weight excluding hydrogens is 288 g/mol. The number of hydrogen-bond acceptors (Lipinski definition) is 4. The monoisotopic (exact) mass is 308 g/mol. The van der Waals surface area contributed by atoms with E-state index in [2.05, 4.69) is 5.32 Å². The topological polar surface area (TPSA) is 88.1 Å². The van der Waals surface area contributed by atoms with Crippen LogP contribution in [0.1, 0.15) is 5.56 Å². The number of carbonyl (C=O) groups is 2. The molecule has 7 nitrogen and oxygen atoms in total. The number of benzene rings is 1. The molecule has 1 atom stereocenters. The van der Waals surface area contributed by atoms with E-state index in [0.717, 1.165) is 11.3 Å². The Morgan fingerprint density at radius 2 is 2.36 bits per heavy atom. The molecule has 2 amide bonds. The molecule has 1 aliphatic heterocycles. The zero-order chi connectivity index (χ0) is 15.9. The second-order valence-corrected chi connectivity index (χ2v) is 5.07. The SMILES string of the molecule is COc1cccc(CCN(CC2CNC(=O)CO2)C(=O)O)c1. The summed E-state index contributed by atoms with van der Waals surface area (Å²) in [5.74, 6) is 0.576. The molecule has 7 heteroatoms. The lowest BCUT2D eigenvalue weighted by atomic mass is 10.1. The molecule has 1 heterocycles. The number of carbonyl (C=O) groups excluding carboxylic acids is 1. The van der Waals surface area contributed by atoms with Crippen molar-refractivity contribution in [2.24, 2.45) is 0 Å². The van der Waals surface area contributed by atoms with Gasteiger partial charge in [0.2, 0.25) is 5.91 Å². The normalized spacial score (nSPS) is 17.7. The Bertz CT molecular complexity index is 524. The molecule has 0 aliphatic carbocycles. The van der Waals surface area contributed by atoms with Crippen LogP contribution in [-0.4, -0.2) is 61.5 Å². The Labute approximate surface area is 128 Å². The van der Waals surface area contributed by atoms with Crippen LogP contribution in [0.15, 0.2) is 24.3 Å². The van der Waals surface area contributed by atoms with Gasteiger partial charge in [0.25, 0.3) is 0 Å². The Balaban J connectivity index is 1.88. The third-order valence-corrected chi connectivity index (χ3v) is 3.48. The number of nitrogens with zero attached hydrogens (tertiary/aromatic N) is 1. The van der Waals surface area contributed by atoms with Gasteiger partial charge in [-0.3, -0.25) is 4.79 Å². The Morgan fingerprint density at radius 1 is 1.55 bits per heavy atom. The van der Waals surface area contributed by atoms with E-state index in [4.69, 9.17) is 9.47 Å². The van der Waals surface area contributed by atoms with Gasteiger partial charge in [-0.25, -0.2) is 4.79 Å². The smallest absolute Gasteiger partial charge is 0.407 e. The molecule has 1 aromatic carbocycles. The summed E-state index contributed by atoms with van der Waals surface area (Å²) in [6.07, 6.45) is -0.717. The summed E-state index contributed by atoms with van der Waals surface area (Å²) >= 11 is 0. The first-order chi connectivity index (χ1) is 10.6. The van der Waals surface area contributed by atoms with Crippen LogP contribution in [0.25, 0.3) is 0 Å². The van der Waals surface area contributed by atoms with Crippen molar-refractivity contribution in [3.63, 3.8) is 0 Å². The summed E-state index contributed by atoms with van der Waals surface area (Å²) in [7, 11) is 1.59. The van der Waals surface area contributed by atoms with Crippen molar-refractivity contribution in [3.8, 4) is 5.75 Å². The van der Waals surface area contributed by atoms with Crippen molar-refractivity contribution >= 4 is 12.0 Å². The van der Waals surface area contributed by atoms with Crippen molar-refractivity contribution in [3.05, 3.63) is 29.8 Å². The molecular formula is C15H20N2O5. The number of rotatable bonds is 6. The van der Waals surface area contributed by atoms with Gasteiger partial charge in [0.1, 0.15) is 12.4 Å². The van der Waals surface area contributed by atoms with Crippen LogP contribution >= 0.6 is 0 Å². The molecule has 0 radical (unpaired) electrons.